The summed E-state index contributed by atoms with van der Waals surface area (Å²) in [7, 11) is 0. The van der Waals surface area contributed by atoms with Gasteiger partial charge in [0.1, 0.15) is 0 Å². The summed E-state index contributed by atoms with van der Waals surface area (Å²) < 4.78 is 1.03. The second-order valence-corrected chi connectivity index (χ2v) is 5.60. The van der Waals surface area contributed by atoms with E-state index in [1.807, 2.05) is 18.3 Å². The van der Waals surface area contributed by atoms with Crippen LogP contribution in [0.4, 0.5) is 0 Å². The third kappa shape index (κ3) is 4.67. The molecule has 0 radical (unpaired) electrons. The van der Waals surface area contributed by atoms with Crippen LogP contribution in [0.25, 0.3) is 0 Å². The van der Waals surface area contributed by atoms with Crippen LogP contribution < -0.4 is 11.3 Å². The molecule has 3 nitrogen and oxygen atoms in total. The summed E-state index contributed by atoms with van der Waals surface area (Å²) in [4.78, 5) is 4.43. The summed E-state index contributed by atoms with van der Waals surface area (Å²) in [6.45, 7) is 4.49. The quantitative estimate of drug-likeness (QED) is 0.564. The first-order valence-electron chi connectivity index (χ1n) is 6.79. The molecule has 0 aliphatic rings. The number of nitrogens with zero attached hydrogens (tertiary/aromatic N) is 1. The topological polar surface area (TPSA) is 50.9 Å². The number of pyridine rings is 1. The van der Waals surface area contributed by atoms with Crippen LogP contribution in [0.2, 0.25) is 0 Å². The Bertz CT molecular complexity index is 344. The standard InChI is InChI=1S/C14H24BrN3/c1-3-5-7-11(4-2)10-13(18-16)14-12(15)8-6-9-17-14/h6,8-9,11,13,18H,3-5,7,10,16H2,1-2H3. The second kappa shape index (κ2) is 8.62. The second-order valence-electron chi connectivity index (χ2n) is 4.74. The Morgan fingerprint density at radius 2 is 2.22 bits per heavy atom. The minimum atomic E-state index is 0.127. The highest BCUT2D eigenvalue weighted by molar-refractivity contribution is 9.10. The van der Waals surface area contributed by atoms with Gasteiger partial charge in [0.05, 0.1) is 11.7 Å². The SMILES string of the molecule is CCCCC(CC)CC(NN)c1ncccc1Br. The molecule has 2 unspecified atom stereocenters. The minimum Gasteiger partial charge on any atom is -0.271 e. The molecule has 0 fully saturated rings. The molecule has 0 aliphatic heterocycles. The monoisotopic (exact) mass is 313 g/mol. The molecule has 4 heteroatoms. The molecule has 2 atom stereocenters. The Labute approximate surface area is 119 Å². The molecular formula is C14H24BrN3. The fourth-order valence-corrected chi connectivity index (χ4v) is 2.76. The van der Waals surface area contributed by atoms with Gasteiger partial charge in [-0.05, 0) is 40.4 Å². The van der Waals surface area contributed by atoms with E-state index in [1.54, 1.807) is 0 Å². The maximum absolute atomic E-state index is 5.69. The number of unbranched alkanes of at least 4 members (excludes halogenated alkanes) is 1. The van der Waals surface area contributed by atoms with E-state index in [1.165, 1.54) is 25.7 Å². The van der Waals surface area contributed by atoms with E-state index in [0.29, 0.717) is 5.92 Å². The van der Waals surface area contributed by atoms with Crippen LogP contribution in [0.5, 0.6) is 0 Å². The van der Waals surface area contributed by atoms with Crippen molar-refractivity contribution in [2.45, 2.75) is 52.0 Å². The fourth-order valence-electron chi connectivity index (χ4n) is 2.23. The molecule has 18 heavy (non-hydrogen) atoms. The molecule has 1 heterocycles. The fraction of sp³-hybridized carbons (Fsp3) is 0.643. The predicted octanol–water partition coefficient (Wildman–Crippen LogP) is 3.96. The molecule has 0 aromatic carbocycles. The molecule has 1 aromatic rings. The van der Waals surface area contributed by atoms with Crippen LogP contribution in [-0.2, 0) is 0 Å². The summed E-state index contributed by atoms with van der Waals surface area (Å²) in [6, 6.07) is 4.07. The highest BCUT2D eigenvalue weighted by Gasteiger charge is 2.18. The lowest BCUT2D eigenvalue weighted by molar-refractivity contribution is 0.352. The van der Waals surface area contributed by atoms with Gasteiger partial charge in [0, 0.05) is 10.7 Å². The van der Waals surface area contributed by atoms with Crippen LogP contribution in [0, 0.1) is 5.92 Å². The van der Waals surface area contributed by atoms with Gasteiger partial charge in [0.15, 0.2) is 0 Å². The van der Waals surface area contributed by atoms with Gasteiger partial charge in [-0.1, -0.05) is 39.5 Å². The smallest absolute Gasteiger partial charge is 0.0728 e. The summed E-state index contributed by atoms with van der Waals surface area (Å²) in [5.41, 5.74) is 3.92. The normalized spacial score (nSPS) is 14.4. The summed E-state index contributed by atoms with van der Waals surface area (Å²) in [6.07, 6.45) is 7.88. The molecule has 0 spiro atoms. The Morgan fingerprint density at radius 3 is 2.78 bits per heavy atom. The molecule has 0 saturated heterocycles. The Hall–Kier alpha value is -0.450. The lowest BCUT2D eigenvalue weighted by Crippen LogP contribution is -2.30. The van der Waals surface area contributed by atoms with Crippen LogP contribution in [0.1, 0.15) is 57.7 Å². The first-order valence-corrected chi connectivity index (χ1v) is 7.58. The van der Waals surface area contributed by atoms with Crippen molar-refractivity contribution in [3.8, 4) is 0 Å². The van der Waals surface area contributed by atoms with Crippen molar-refractivity contribution in [2.75, 3.05) is 0 Å². The van der Waals surface area contributed by atoms with Gasteiger partial charge in [-0.2, -0.15) is 0 Å². The van der Waals surface area contributed by atoms with Crippen LogP contribution in [0.15, 0.2) is 22.8 Å². The Morgan fingerprint density at radius 1 is 1.44 bits per heavy atom. The van der Waals surface area contributed by atoms with Gasteiger partial charge in [-0.25, -0.2) is 0 Å². The van der Waals surface area contributed by atoms with E-state index >= 15 is 0 Å². The summed E-state index contributed by atoms with van der Waals surface area (Å²) >= 11 is 3.54. The lowest BCUT2D eigenvalue weighted by Gasteiger charge is -2.22. The van der Waals surface area contributed by atoms with Crippen molar-refractivity contribution in [3.05, 3.63) is 28.5 Å². The van der Waals surface area contributed by atoms with E-state index in [9.17, 15) is 0 Å². The summed E-state index contributed by atoms with van der Waals surface area (Å²) in [5, 5.41) is 0. The molecule has 0 aliphatic carbocycles. The number of halogens is 1. The molecular weight excluding hydrogens is 290 g/mol. The number of hydrazine groups is 1. The Balaban J connectivity index is 2.68. The van der Waals surface area contributed by atoms with Gasteiger partial charge < -0.3 is 0 Å². The maximum atomic E-state index is 5.69. The zero-order chi connectivity index (χ0) is 13.4. The van der Waals surface area contributed by atoms with Gasteiger partial charge in [-0.15, -0.1) is 0 Å². The average molecular weight is 314 g/mol. The number of aromatic nitrogens is 1. The van der Waals surface area contributed by atoms with Crippen LogP contribution in [-0.4, -0.2) is 4.98 Å². The van der Waals surface area contributed by atoms with Crippen molar-refractivity contribution in [1.82, 2.24) is 10.4 Å². The van der Waals surface area contributed by atoms with E-state index in [0.717, 1.165) is 16.6 Å². The number of nitrogens with one attached hydrogen (secondary N) is 1. The Kier molecular flexibility index (Phi) is 7.47. The first-order chi connectivity index (χ1) is 8.72. The molecule has 0 amide bonds. The highest BCUT2D eigenvalue weighted by Crippen LogP contribution is 2.28. The molecule has 1 aromatic heterocycles. The zero-order valence-electron chi connectivity index (χ0n) is 11.3. The minimum absolute atomic E-state index is 0.127. The van der Waals surface area contributed by atoms with Crippen molar-refractivity contribution >= 4 is 15.9 Å². The molecule has 3 N–H and O–H groups in total. The highest BCUT2D eigenvalue weighted by atomic mass is 79.9. The first kappa shape index (κ1) is 15.6. The van der Waals surface area contributed by atoms with E-state index in [-0.39, 0.29) is 6.04 Å². The summed E-state index contributed by atoms with van der Waals surface area (Å²) in [5.74, 6) is 6.40. The predicted molar refractivity (Wildman–Crippen MR) is 79.9 cm³/mol. The van der Waals surface area contributed by atoms with E-state index in [2.05, 4.69) is 40.2 Å². The third-order valence-corrected chi connectivity index (χ3v) is 4.10. The van der Waals surface area contributed by atoms with Crippen molar-refractivity contribution < 1.29 is 0 Å². The number of rotatable bonds is 8. The number of hydrogen-bond acceptors (Lipinski definition) is 3. The molecule has 0 bridgehead atoms. The van der Waals surface area contributed by atoms with Crippen molar-refractivity contribution in [3.63, 3.8) is 0 Å². The van der Waals surface area contributed by atoms with Gasteiger partial charge in [-0.3, -0.25) is 16.3 Å². The lowest BCUT2D eigenvalue weighted by atomic mass is 9.91. The molecule has 0 saturated carbocycles. The third-order valence-electron chi connectivity index (χ3n) is 3.43. The number of hydrogen-bond donors (Lipinski definition) is 2. The number of nitrogens with two attached hydrogens (primary N) is 1. The maximum Gasteiger partial charge on any atom is 0.0728 e. The van der Waals surface area contributed by atoms with E-state index in [4.69, 9.17) is 5.84 Å². The van der Waals surface area contributed by atoms with Crippen LogP contribution >= 0.6 is 15.9 Å². The largest absolute Gasteiger partial charge is 0.271 e. The van der Waals surface area contributed by atoms with Gasteiger partial charge in [0.2, 0.25) is 0 Å². The zero-order valence-corrected chi connectivity index (χ0v) is 12.9. The van der Waals surface area contributed by atoms with E-state index < -0.39 is 0 Å². The molecule has 1 rings (SSSR count). The average Bonchev–Trinajstić information content (AvgIpc) is 2.40. The van der Waals surface area contributed by atoms with Crippen molar-refractivity contribution in [1.29, 1.82) is 0 Å². The molecule has 102 valence electrons. The van der Waals surface area contributed by atoms with Gasteiger partial charge in [0.25, 0.3) is 0 Å². The van der Waals surface area contributed by atoms with Gasteiger partial charge >= 0.3 is 0 Å². The van der Waals surface area contributed by atoms with Crippen molar-refractivity contribution in [2.24, 2.45) is 11.8 Å². The van der Waals surface area contributed by atoms with Crippen LogP contribution in [0.3, 0.4) is 0 Å².